The fourth-order valence-corrected chi connectivity index (χ4v) is 2.89. The summed E-state index contributed by atoms with van der Waals surface area (Å²) in [6, 6.07) is 3.78. The van der Waals surface area contributed by atoms with Crippen LogP contribution in [0.1, 0.15) is 30.9 Å². The van der Waals surface area contributed by atoms with E-state index >= 15 is 0 Å². The lowest BCUT2D eigenvalue weighted by Gasteiger charge is -2.23. The fourth-order valence-electron chi connectivity index (χ4n) is 2.60. The largest absolute Gasteiger partial charge is 0.325 e. The Labute approximate surface area is 121 Å². The molecular weight excluding hydrogens is 278 g/mol. The lowest BCUT2D eigenvalue weighted by Crippen LogP contribution is -2.32. The Morgan fingerprint density at radius 3 is 2.80 bits per heavy atom. The molecule has 5 nitrogen and oxygen atoms in total. The Hall–Kier alpha value is -1.88. The molecule has 0 bridgehead atoms. The molecule has 2 amide bonds. The zero-order valence-electron chi connectivity index (χ0n) is 11.0. The molecule has 3 rings (SSSR count). The van der Waals surface area contributed by atoms with Gasteiger partial charge in [0.25, 0.3) is 0 Å². The number of carbonyl (C=O) groups is 2. The number of carbonyl (C=O) groups excluding carboxylic acids is 2. The minimum Gasteiger partial charge on any atom is -0.325 e. The zero-order chi connectivity index (χ0) is 14.3. The molecule has 0 aromatic heterocycles. The van der Waals surface area contributed by atoms with E-state index in [1.54, 1.807) is 6.07 Å². The van der Waals surface area contributed by atoms with Gasteiger partial charge in [-0.1, -0.05) is 18.5 Å². The molecule has 1 aromatic rings. The summed E-state index contributed by atoms with van der Waals surface area (Å²) in [7, 11) is 0. The average Bonchev–Trinajstić information content (AvgIpc) is 2.39. The van der Waals surface area contributed by atoms with Crippen molar-refractivity contribution in [2.75, 3.05) is 5.32 Å². The highest BCUT2D eigenvalue weighted by molar-refractivity contribution is 6.34. The van der Waals surface area contributed by atoms with Crippen molar-refractivity contribution < 1.29 is 9.59 Å². The summed E-state index contributed by atoms with van der Waals surface area (Å²) in [6.45, 7) is 1.96. The Balaban J connectivity index is 2.02. The maximum atomic E-state index is 11.4. The summed E-state index contributed by atoms with van der Waals surface area (Å²) in [6.07, 6.45) is 1.55. The second kappa shape index (κ2) is 4.90. The van der Waals surface area contributed by atoms with Gasteiger partial charge in [-0.3, -0.25) is 9.59 Å². The van der Waals surface area contributed by atoms with E-state index in [0.717, 1.165) is 16.8 Å². The number of aryl methyl sites for hydroxylation is 1. The highest BCUT2D eigenvalue weighted by Gasteiger charge is 2.24. The first kappa shape index (κ1) is 13.1. The Bertz CT molecular complexity index is 640. The molecule has 0 saturated heterocycles. The number of benzene rings is 1. The third kappa shape index (κ3) is 2.29. The van der Waals surface area contributed by atoms with Crippen LogP contribution in [0.4, 0.5) is 5.69 Å². The second-order valence-corrected chi connectivity index (χ2v) is 5.58. The van der Waals surface area contributed by atoms with Crippen molar-refractivity contribution in [3.05, 3.63) is 28.3 Å². The average molecular weight is 292 g/mol. The minimum absolute atomic E-state index is 0.0113. The molecule has 1 aromatic carbocycles. The zero-order valence-corrected chi connectivity index (χ0v) is 11.8. The van der Waals surface area contributed by atoms with Gasteiger partial charge in [0.15, 0.2) is 0 Å². The van der Waals surface area contributed by atoms with Crippen molar-refractivity contribution in [2.24, 2.45) is 11.0 Å². The quantitative estimate of drug-likeness (QED) is 0.832. The van der Waals surface area contributed by atoms with Crippen LogP contribution in [0.3, 0.4) is 0 Å². The van der Waals surface area contributed by atoms with Crippen molar-refractivity contribution in [3.8, 4) is 0 Å². The number of rotatable bonds is 1. The topological polar surface area (TPSA) is 70.6 Å². The van der Waals surface area contributed by atoms with Gasteiger partial charge in [-0.2, -0.15) is 5.10 Å². The molecule has 0 saturated carbocycles. The van der Waals surface area contributed by atoms with Gasteiger partial charge in [-0.25, -0.2) is 5.43 Å². The summed E-state index contributed by atoms with van der Waals surface area (Å²) in [5.74, 6) is -0.0311. The van der Waals surface area contributed by atoms with Crippen molar-refractivity contribution >= 4 is 34.8 Å². The van der Waals surface area contributed by atoms with Crippen LogP contribution in [-0.2, 0) is 16.0 Å². The van der Waals surface area contributed by atoms with E-state index in [0.29, 0.717) is 30.0 Å². The summed E-state index contributed by atoms with van der Waals surface area (Å²) in [5, 5.41) is 7.45. The molecule has 2 heterocycles. The number of hydrogen-bond donors (Lipinski definition) is 2. The molecule has 2 N–H and O–H groups in total. The van der Waals surface area contributed by atoms with E-state index in [1.165, 1.54) is 0 Å². The van der Waals surface area contributed by atoms with E-state index in [2.05, 4.69) is 15.8 Å². The van der Waals surface area contributed by atoms with Gasteiger partial charge in [0, 0.05) is 18.8 Å². The SMILES string of the molecule is CC1CC(=O)NN=C1c1cc(Cl)c2c(c1)CCC(=O)N2. The molecule has 6 heteroatoms. The van der Waals surface area contributed by atoms with Crippen LogP contribution in [0, 0.1) is 5.92 Å². The van der Waals surface area contributed by atoms with Gasteiger partial charge in [-0.15, -0.1) is 0 Å². The third-order valence-corrected chi connectivity index (χ3v) is 3.91. The van der Waals surface area contributed by atoms with Gasteiger partial charge in [0.1, 0.15) is 0 Å². The van der Waals surface area contributed by atoms with Crippen LogP contribution < -0.4 is 10.7 Å². The monoisotopic (exact) mass is 291 g/mol. The predicted octanol–water partition coefficient (Wildman–Crippen LogP) is 2.08. The second-order valence-electron chi connectivity index (χ2n) is 5.18. The number of anilines is 1. The molecule has 20 heavy (non-hydrogen) atoms. The summed E-state index contributed by atoms with van der Waals surface area (Å²) >= 11 is 6.25. The number of hydrazone groups is 1. The normalized spacial score (nSPS) is 21.7. The van der Waals surface area contributed by atoms with E-state index in [-0.39, 0.29) is 17.7 Å². The molecule has 2 aliphatic rings. The van der Waals surface area contributed by atoms with Crippen LogP contribution in [0.25, 0.3) is 0 Å². The predicted molar refractivity (Wildman–Crippen MR) is 76.9 cm³/mol. The smallest absolute Gasteiger partial charge is 0.240 e. The first-order chi connectivity index (χ1) is 9.54. The number of hydrogen-bond acceptors (Lipinski definition) is 3. The highest BCUT2D eigenvalue weighted by atomic mass is 35.5. The molecular formula is C14H14ClN3O2. The van der Waals surface area contributed by atoms with Crippen molar-refractivity contribution in [1.29, 1.82) is 0 Å². The van der Waals surface area contributed by atoms with Gasteiger partial charge in [-0.05, 0) is 29.7 Å². The summed E-state index contributed by atoms with van der Waals surface area (Å²) in [4.78, 5) is 22.7. The molecule has 1 atom stereocenters. The molecule has 0 radical (unpaired) electrons. The van der Waals surface area contributed by atoms with Crippen LogP contribution in [0.5, 0.6) is 0 Å². The number of fused-ring (bicyclic) bond motifs is 1. The molecule has 0 aliphatic carbocycles. The standard InChI is InChI=1S/C14H14ClN3O2/c1-7-4-12(20)17-18-13(7)9-5-8-2-3-11(19)16-14(8)10(15)6-9/h5-7H,2-4H2,1H3,(H,16,19)(H,17,20). The molecule has 0 fully saturated rings. The maximum absolute atomic E-state index is 11.4. The van der Waals surface area contributed by atoms with Gasteiger partial charge in [0.2, 0.25) is 11.8 Å². The lowest BCUT2D eigenvalue weighted by atomic mass is 9.91. The van der Waals surface area contributed by atoms with E-state index in [9.17, 15) is 9.59 Å². The lowest BCUT2D eigenvalue weighted by molar-refractivity contribution is -0.122. The Kier molecular flexibility index (Phi) is 3.22. The van der Waals surface area contributed by atoms with Crippen LogP contribution >= 0.6 is 11.6 Å². The number of nitrogens with one attached hydrogen (secondary N) is 2. The molecule has 1 unspecified atom stereocenters. The Morgan fingerprint density at radius 1 is 1.25 bits per heavy atom. The minimum atomic E-state index is -0.0717. The molecule has 0 spiro atoms. The van der Waals surface area contributed by atoms with Gasteiger partial charge in [0.05, 0.1) is 16.4 Å². The number of halogens is 1. The highest BCUT2D eigenvalue weighted by Crippen LogP contribution is 2.33. The first-order valence-electron chi connectivity index (χ1n) is 6.53. The van der Waals surface area contributed by atoms with Gasteiger partial charge < -0.3 is 5.32 Å². The van der Waals surface area contributed by atoms with Crippen molar-refractivity contribution in [1.82, 2.24) is 5.43 Å². The third-order valence-electron chi connectivity index (χ3n) is 3.61. The van der Waals surface area contributed by atoms with E-state index < -0.39 is 0 Å². The first-order valence-corrected chi connectivity index (χ1v) is 6.91. The van der Waals surface area contributed by atoms with Crippen LogP contribution in [0.15, 0.2) is 17.2 Å². The van der Waals surface area contributed by atoms with Crippen molar-refractivity contribution in [3.63, 3.8) is 0 Å². The maximum Gasteiger partial charge on any atom is 0.240 e. The van der Waals surface area contributed by atoms with E-state index in [4.69, 9.17) is 11.6 Å². The van der Waals surface area contributed by atoms with Gasteiger partial charge >= 0.3 is 0 Å². The van der Waals surface area contributed by atoms with Crippen LogP contribution in [-0.4, -0.2) is 17.5 Å². The summed E-state index contributed by atoms with van der Waals surface area (Å²) in [5.41, 5.74) is 5.94. The fraction of sp³-hybridized carbons (Fsp3) is 0.357. The summed E-state index contributed by atoms with van der Waals surface area (Å²) < 4.78 is 0. The van der Waals surface area contributed by atoms with E-state index in [1.807, 2.05) is 13.0 Å². The molecule has 104 valence electrons. The van der Waals surface area contributed by atoms with Crippen LogP contribution in [0.2, 0.25) is 5.02 Å². The molecule has 2 aliphatic heterocycles. The van der Waals surface area contributed by atoms with Crippen molar-refractivity contribution in [2.45, 2.75) is 26.2 Å². The number of nitrogens with zero attached hydrogens (tertiary/aromatic N) is 1. The number of amides is 2. The Morgan fingerprint density at radius 2 is 2.05 bits per heavy atom.